The van der Waals surface area contributed by atoms with Crippen molar-refractivity contribution in [2.24, 2.45) is 0 Å². The number of halogens is 2. The summed E-state index contributed by atoms with van der Waals surface area (Å²) in [6, 6.07) is 3.06. The van der Waals surface area contributed by atoms with Crippen LogP contribution in [-0.2, 0) is 0 Å². The van der Waals surface area contributed by atoms with Gasteiger partial charge in [0.05, 0.1) is 11.3 Å². The number of nitro groups is 1. The van der Waals surface area contributed by atoms with Gasteiger partial charge in [-0.2, -0.15) is 4.39 Å². The van der Waals surface area contributed by atoms with Gasteiger partial charge in [-0.3, -0.25) is 14.9 Å². The molecule has 19 heavy (non-hydrogen) atoms. The fourth-order valence-corrected chi connectivity index (χ4v) is 1.65. The fourth-order valence-electron chi connectivity index (χ4n) is 1.25. The molecule has 0 saturated heterocycles. The molecule has 0 bridgehead atoms. The topological polar surface area (TPSA) is 98.1 Å². The minimum atomic E-state index is -1.03. The highest BCUT2D eigenvalue weighted by Crippen LogP contribution is 2.26. The smallest absolute Gasteiger partial charge is 0.305 e. The second-order valence-electron chi connectivity index (χ2n) is 3.32. The Morgan fingerprint density at radius 3 is 2.84 bits per heavy atom. The van der Waals surface area contributed by atoms with Crippen LogP contribution in [-0.4, -0.2) is 14.9 Å². The van der Waals surface area contributed by atoms with E-state index in [-0.39, 0.29) is 15.2 Å². The Kier molecular flexibility index (Phi) is 3.74. The van der Waals surface area contributed by atoms with Crippen LogP contribution in [0.15, 0.2) is 29.3 Å². The Labute approximate surface area is 118 Å². The van der Waals surface area contributed by atoms with Crippen molar-refractivity contribution in [3.8, 4) is 11.6 Å². The predicted molar refractivity (Wildman–Crippen MR) is 70.7 cm³/mol. The minimum Gasteiger partial charge on any atom is -0.438 e. The van der Waals surface area contributed by atoms with Crippen molar-refractivity contribution in [3.05, 3.63) is 54.4 Å². The summed E-state index contributed by atoms with van der Waals surface area (Å²) in [4.78, 5) is 27.0. The molecule has 0 atom stereocenters. The second-order valence-corrected chi connectivity index (χ2v) is 4.40. The summed E-state index contributed by atoms with van der Waals surface area (Å²) >= 11 is 1.72. The van der Waals surface area contributed by atoms with Gasteiger partial charge < -0.3 is 9.72 Å². The molecular formula is C10H5FIN3O4. The molecule has 0 aliphatic carbocycles. The molecule has 1 aromatic heterocycles. The first-order valence-corrected chi connectivity index (χ1v) is 5.92. The molecule has 1 heterocycles. The van der Waals surface area contributed by atoms with E-state index in [0.717, 1.165) is 18.5 Å². The van der Waals surface area contributed by atoms with Gasteiger partial charge >= 0.3 is 5.69 Å². The lowest BCUT2D eigenvalue weighted by atomic mass is 10.3. The van der Waals surface area contributed by atoms with Crippen molar-refractivity contribution in [3.63, 3.8) is 0 Å². The number of nitrogens with zero attached hydrogens (tertiary/aromatic N) is 2. The van der Waals surface area contributed by atoms with Gasteiger partial charge in [0, 0.05) is 12.1 Å². The molecule has 9 heteroatoms. The average Bonchev–Trinajstić information content (AvgIpc) is 2.34. The first-order chi connectivity index (χ1) is 8.99. The van der Waals surface area contributed by atoms with Crippen LogP contribution in [0.25, 0.3) is 0 Å². The lowest BCUT2D eigenvalue weighted by molar-refractivity contribution is -0.387. The van der Waals surface area contributed by atoms with Crippen LogP contribution in [0.3, 0.4) is 0 Å². The highest BCUT2D eigenvalue weighted by Gasteiger charge is 2.15. The van der Waals surface area contributed by atoms with Gasteiger partial charge in [-0.25, -0.2) is 4.98 Å². The highest BCUT2D eigenvalue weighted by molar-refractivity contribution is 14.1. The van der Waals surface area contributed by atoms with Crippen LogP contribution in [0.5, 0.6) is 11.6 Å². The van der Waals surface area contributed by atoms with Crippen LogP contribution in [0, 0.1) is 19.5 Å². The van der Waals surface area contributed by atoms with E-state index in [1.54, 1.807) is 22.6 Å². The Bertz CT molecular complexity index is 703. The van der Waals surface area contributed by atoms with Crippen molar-refractivity contribution in [2.75, 3.05) is 0 Å². The van der Waals surface area contributed by atoms with Crippen LogP contribution in [0.4, 0.5) is 10.1 Å². The number of aromatic amines is 1. The van der Waals surface area contributed by atoms with Crippen molar-refractivity contribution in [2.45, 2.75) is 0 Å². The number of H-pyrrole nitrogens is 1. The molecule has 0 amide bonds. The zero-order valence-electron chi connectivity index (χ0n) is 9.09. The lowest BCUT2D eigenvalue weighted by Crippen LogP contribution is -2.11. The SMILES string of the molecule is O=c1[nH]cnc(Oc2ccc([N+](=O)[O-])c(F)c2)c1I. The van der Waals surface area contributed by atoms with E-state index in [1.807, 2.05) is 0 Å². The molecule has 7 nitrogen and oxygen atoms in total. The largest absolute Gasteiger partial charge is 0.438 e. The van der Waals surface area contributed by atoms with Gasteiger partial charge in [0.1, 0.15) is 9.32 Å². The zero-order chi connectivity index (χ0) is 14.0. The summed E-state index contributed by atoms with van der Waals surface area (Å²) in [5.74, 6) is -1.01. The molecule has 2 rings (SSSR count). The van der Waals surface area contributed by atoms with E-state index in [1.165, 1.54) is 6.07 Å². The molecule has 0 spiro atoms. The molecule has 0 aliphatic heterocycles. The quantitative estimate of drug-likeness (QED) is 0.503. The van der Waals surface area contributed by atoms with Crippen molar-refractivity contribution >= 4 is 28.3 Å². The number of nitrogens with one attached hydrogen (secondary N) is 1. The first kappa shape index (κ1) is 13.4. The summed E-state index contributed by atoms with van der Waals surface area (Å²) < 4.78 is 18.8. The number of hydrogen-bond acceptors (Lipinski definition) is 5. The van der Waals surface area contributed by atoms with E-state index in [0.29, 0.717) is 0 Å². The van der Waals surface area contributed by atoms with Gasteiger partial charge in [0.2, 0.25) is 11.7 Å². The molecule has 0 fully saturated rings. The second kappa shape index (κ2) is 5.30. The van der Waals surface area contributed by atoms with Crippen molar-refractivity contribution in [1.82, 2.24) is 9.97 Å². The normalized spacial score (nSPS) is 10.2. The predicted octanol–water partition coefficient (Wildman–Crippen LogP) is 2.21. The Hall–Kier alpha value is -2.04. The van der Waals surface area contributed by atoms with Gasteiger partial charge in [-0.1, -0.05) is 0 Å². The number of hydrogen-bond donors (Lipinski definition) is 1. The van der Waals surface area contributed by atoms with Crippen LogP contribution >= 0.6 is 22.6 Å². The molecule has 1 N–H and O–H groups in total. The molecule has 0 saturated carbocycles. The maximum atomic E-state index is 13.4. The van der Waals surface area contributed by atoms with E-state index < -0.39 is 22.0 Å². The van der Waals surface area contributed by atoms with E-state index in [2.05, 4.69) is 9.97 Å². The third-order valence-electron chi connectivity index (χ3n) is 2.09. The summed E-state index contributed by atoms with van der Waals surface area (Å²) in [7, 11) is 0. The van der Waals surface area contributed by atoms with E-state index in [4.69, 9.17) is 4.74 Å². The maximum Gasteiger partial charge on any atom is 0.305 e. The highest BCUT2D eigenvalue weighted by atomic mass is 127. The molecule has 0 aliphatic rings. The summed E-state index contributed by atoms with van der Waals surface area (Å²) in [5, 5.41) is 10.5. The summed E-state index contributed by atoms with van der Waals surface area (Å²) in [6.07, 6.45) is 1.14. The zero-order valence-corrected chi connectivity index (χ0v) is 11.3. The van der Waals surface area contributed by atoms with Crippen LogP contribution in [0.2, 0.25) is 0 Å². The third-order valence-corrected chi connectivity index (χ3v) is 3.05. The van der Waals surface area contributed by atoms with Crippen LogP contribution in [0.1, 0.15) is 0 Å². The fraction of sp³-hybridized carbons (Fsp3) is 0. The Morgan fingerprint density at radius 1 is 1.47 bits per heavy atom. The van der Waals surface area contributed by atoms with E-state index in [9.17, 15) is 19.3 Å². The maximum absolute atomic E-state index is 13.4. The molecule has 98 valence electrons. The minimum absolute atomic E-state index is 0.00222. The van der Waals surface area contributed by atoms with Crippen LogP contribution < -0.4 is 10.3 Å². The standard InChI is InChI=1S/C10H5FIN3O4/c11-6-3-5(1-2-7(6)15(17)18)19-10-8(12)9(16)13-4-14-10/h1-4H,(H,13,14,16). The van der Waals surface area contributed by atoms with Gasteiger partial charge in [-0.15, -0.1) is 0 Å². The van der Waals surface area contributed by atoms with Gasteiger partial charge in [0.25, 0.3) is 5.56 Å². The average molecular weight is 377 g/mol. The molecule has 1 aromatic carbocycles. The van der Waals surface area contributed by atoms with Crippen molar-refractivity contribution in [1.29, 1.82) is 0 Å². The number of nitro benzene ring substituents is 1. The summed E-state index contributed by atoms with van der Waals surface area (Å²) in [6.45, 7) is 0. The molecule has 0 unspecified atom stereocenters. The van der Waals surface area contributed by atoms with Gasteiger partial charge in [0.15, 0.2) is 0 Å². The number of aromatic nitrogens is 2. The monoisotopic (exact) mass is 377 g/mol. The van der Waals surface area contributed by atoms with Gasteiger partial charge in [-0.05, 0) is 28.7 Å². The Morgan fingerprint density at radius 2 is 2.21 bits per heavy atom. The first-order valence-electron chi connectivity index (χ1n) is 4.84. The summed E-state index contributed by atoms with van der Waals surface area (Å²) in [5.41, 5.74) is -1.05. The number of rotatable bonds is 3. The molecule has 0 radical (unpaired) electrons. The molecule has 2 aromatic rings. The number of ether oxygens (including phenoxy) is 1. The molecular weight excluding hydrogens is 372 g/mol. The van der Waals surface area contributed by atoms with E-state index >= 15 is 0 Å². The third kappa shape index (κ3) is 2.86. The lowest BCUT2D eigenvalue weighted by Gasteiger charge is -2.05. The Balaban J connectivity index is 2.34. The number of benzene rings is 1. The van der Waals surface area contributed by atoms with Crippen molar-refractivity contribution < 1.29 is 14.1 Å².